The van der Waals surface area contributed by atoms with Gasteiger partial charge in [-0.25, -0.2) is 14.0 Å². The summed E-state index contributed by atoms with van der Waals surface area (Å²) in [5, 5.41) is 5.22. The Morgan fingerprint density at radius 1 is 0.886 bits per heavy atom. The quantitative estimate of drug-likeness (QED) is 0.623. The van der Waals surface area contributed by atoms with E-state index in [1.54, 1.807) is 36.4 Å². The number of hydrogen-bond donors (Lipinski definition) is 2. The van der Waals surface area contributed by atoms with Gasteiger partial charge < -0.3 is 20.1 Å². The van der Waals surface area contributed by atoms with E-state index in [1.807, 2.05) is 0 Å². The molecule has 2 heterocycles. The van der Waals surface area contributed by atoms with Crippen LogP contribution in [0.4, 0.5) is 25.4 Å². The molecule has 0 aromatic heterocycles. The molecule has 2 saturated heterocycles. The Morgan fingerprint density at radius 3 is 1.94 bits per heavy atom. The zero-order chi connectivity index (χ0) is 25.1. The van der Waals surface area contributed by atoms with Gasteiger partial charge in [0.1, 0.15) is 18.0 Å². The average Bonchev–Trinajstić information content (AvgIpc) is 3.38. The number of ether oxygens (including phenoxy) is 2. The maximum atomic E-state index is 15.1. The standard InChI is InChI=1S/C24H25FN4O6/c1-14(30)26-10-19-12-28(23(32)34-19)17-5-3-4-16(8-17)21-7-6-18(9-22(21)25)29-13-20(35-24(29)33)11-27-15(2)31/h3-9,19-20H,10-13H2,1-2H3,(H,26,30)(H,27,31)/t19-,20-/m0/s1. The third-order valence-corrected chi connectivity index (χ3v) is 5.64. The maximum absolute atomic E-state index is 15.1. The maximum Gasteiger partial charge on any atom is 0.414 e. The van der Waals surface area contributed by atoms with Gasteiger partial charge in [0.25, 0.3) is 0 Å². The van der Waals surface area contributed by atoms with Gasteiger partial charge in [0.2, 0.25) is 11.8 Å². The molecule has 2 aromatic rings. The highest BCUT2D eigenvalue weighted by Crippen LogP contribution is 2.32. The first-order valence-corrected chi connectivity index (χ1v) is 11.1. The lowest BCUT2D eigenvalue weighted by molar-refractivity contribution is -0.120. The van der Waals surface area contributed by atoms with Gasteiger partial charge in [-0.05, 0) is 35.9 Å². The number of carbonyl (C=O) groups excluding carboxylic acids is 4. The van der Waals surface area contributed by atoms with Gasteiger partial charge in [-0.15, -0.1) is 0 Å². The first-order chi connectivity index (χ1) is 16.7. The number of hydrogen-bond acceptors (Lipinski definition) is 6. The fourth-order valence-corrected chi connectivity index (χ4v) is 3.94. The molecule has 10 nitrogen and oxygen atoms in total. The molecule has 11 heteroatoms. The fourth-order valence-electron chi connectivity index (χ4n) is 3.94. The van der Waals surface area contributed by atoms with E-state index in [0.29, 0.717) is 22.5 Å². The summed E-state index contributed by atoms with van der Waals surface area (Å²) in [6.07, 6.45) is -2.17. The number of halogens is 1. The Kier molecular flexibility index (Phi) is 6.85. The second-order valence-electron chi connectivity index (χ2n) is 8.32. The van der Waals surface area contributed by atoms with E-state index in [1.165, 1.54) is 29.7 Å². The third kappa shape index (κ3) is 5.51. The molecule has 2 aromatic carbocycles. The Morgan fingerprint density at radius 2 is 1.43 bits per heavy atom. The van der Waals surface area contributed by atoms with Crippen LogP contribution >= 0.6 is 0 Å². The number of anilines is 2. The second-order valence-corrected chi connectivity index (χ2v) is 8.32. The highest BCUT2D eigenvalue weighted by molar-refractivity contribution is 5.92. The summed E-state index contributed by atoms with van der Waals surface area (Å²) in [5.74, 6) is -1.00. The summed E-state index contributed by atoms with van der Waals surface area (Å²) < 4.78 is 25.6. The minimum absolute atomic E-state index is 0.176. The van der Waals surface area contributed by atoms with E-state index >= 15 is 4.39 Å². The molecule has 2 N–H and O–H groups in total. The number of nitrogens with zero attached hydrogens (tertiary/aromatic N) is 2. The molecule has 2 aliphatic heterocycles. The van der Waals surface area contributed by atoms with Crippen molar-refractivity contribution < 1.29 is 33.0 Å². The summed E-state index contributed by atoms with van der Waals surface area (Å²) in [5.41, 5.74) is 1.70. The van der Waals surface area contributed by atoms with Crippen LogP contribution in [-0.2, 0) is 19.1 Å². The van der Waals surface area contributed by atoms with Crippen molar-refractivity contribution in [2.24, 2.45) is 0 Å². The Labute approximate surface area is 201 Å². The van der Waals surface area contributed by atoms with Gasteiger partial charge in [-0.1, -0.05) is 12.1 Å². The van der Waals surface area contributed by atoms with Crippen LogP contribution in [0.3, 0.4) is 0 Å². The van der Waals surface area contributed by atoms with E-state index in [2.05, 4.69) is 10.6 Å². The molecule has 4 amide bonds. The second kappa shape index (κ2) is 10.00. The lowest BCUT2D eigenvalue weighted by atomic mass is 10.0. The van der Waals surface area contributed by atoms with Crippen LogP contribution in [0.2, 0.25) is 0 Å². The number of benzene rings is 2. The highest BCUT2D eigenvalue weighted by Gasteiger charge is 2.34. The van der Waals surface area contributed by atoms with Gasteiger partial charge in [0.05, 0.1) is 31.9 Å². The van der Waals surface area contributed by atoms with Crippen LogP contribution in [-0.4, -0.2) is 62.4 Å². The molecule has 2 fully saturated rings. The van der Waals surface area contributed by atoms with Crippen molar-refractivity contribution in [3.63, 3.8) is 0 Å². The normalized spacial score (nSPS) is 19.4. The monoisotopic (exact) mass is 484 g/mol. The van der Waals surface area contributed by atoms with E-state index in [-0.39, 0.29) is 38.0 Å². The predicted molar refractivity (Wildman–Crippen MR) is 124 cm³/mol. The zero-order valence-electron chi connectivity index (χ0n) is 19.2. The van der Waals surface area contributed by atoms with Crippen LogP contribution in [0.25, 0.3) is 11.1 Å². The number of nitrogens with one attached hydrogen (secondary N) is 2. The van der Waals surface area contributed by atoms with E-state index in [9.17, 15) is 19.2 Å². The van der Waals surface area contributed by atoms with Crippen molar-refractivity contribution in [2.75, 3.05) is 36.0 Å². The Balaban J connectivity index is 1.48. The molecule has 184 valence electrons. The lowest BCUT2D eigenvalue weighted by Crippen LogP contribution is -2.33. The lowest BCUT2D eigenvalue weighted by Gasteiger charge is -2.16. The molecule has 0 radical (unpaired) electrons. The Bertz CT molecular complexity index is 1170. The van der Waals surface area contributed by atoms with Crippen molar-refractivity contribution in [2.45, 2.75) is 26.1 Å². The molecular weight excluding hydrogens is 459 g/mol. The summed E-state index contributed by atoms with van der Waals surface area (Å²) >= 11 is 0. The first-order valence-electron chi connectivity index (χ1n) is 11.1. The van der Waals surface area contributed by atoms with Crippen molar-refractivity contribution in [3.8, 4) is 11.1 Å². The average molecular weight is 484 g/mol. The largest absolute Gasteiger partial charge is 0.442 e. The van der Waals surface area contributed by atoms with Gasteiger partial charge >= 0.3 is 12.2 Å². The van der Waals surface area contributed by atoms with Crippen LogP contribution in [0.15, 0.2) is 42.5 Å². The molecule has 0 spiro atoms. The van der Waals surface area contributed by atoms with Gasteiger partial charge in [-0.2, -0.15) is 0 Å². The molecule has 0 aliphatic carbocycles. The van der Waals surface area contributed by atoms with Gasteiger partial charge in [-0.3, -0.25) is 19.4 Å². The van der Waals surface area contributed by atoms with Crippen LogP contribution < -0.4 is 20.4 Å². The predicted octanol–water partition coefficient (Wildman–Crippen LogP) is 2.42. The summed E-state index contributed by atoms with van der Waals surface area (Å²) in [7, 11) is 0. The van der Waals surface area contributed by atoms with Crippen molar-refractivity contribution in [1.82, 2.24) is 10.6 Å². The Hall–Kier alpha value is -4.15. The van der Waals surface area contributed by atoms with Crippen molar-refractivity contribution in [1.29, 1.82) is 0 Å². The van der Waals surface area contributed by atoms with E-state index in [4.69, 9.17) is 9.47 Å². The number of cyclic esters (lactones) is 2. The minimum Gasteiger partial charge on any atom is -0.442 e. The van der Waals surface area contributed by atoms with E-state index < -0.39 is 30.2 Å². The summed E-state index contributed by atoms with van der Waals surface area (Å²) in [4.78, 5) is 49.5. The topological polar surface area (TPSA) is 117 Å². The molecule has 2 atom stereocenters. The van der Waals surface area contributed by atoms with Crippen LogP contribution in [0.1, 0.15) is 13.8 Å². The summed E-state index contributed by atoms with van der Waals surface area (Å²) in [6.45, 7) is 3.57. The smallest absolute Gasteiger partial charge is 0.414 e. The molecule has 0 saturated carbocycles. The minimum atomic E-state index is -0.615. The summed E-state index contributed by atoms with van der Waals surface area (Å²) in [6, 6.07) is 11.2. The number of amides is 4. The zero-order valence-corrected chi connectivity index (χ0v) is 19.2. The molecule has 35 heavy (non-hydrogen) atoms. The van der Waals surface area contributed by atoms with Gasteiger partial charge in [0.15, 0.2) is 0 Å². The highest BCUT2D eigenvalue weighted by atomic mass is 19.1. The molecule has 2 aliphatic rings. The first kappa shape index (κ1) is 24.0. The third-order valence-electron chi connectivity index (χ3n) is 5.64. The van der Waals surface area contributed by atoms with Crippen molar-refractivity contribution in [3.05, 3.63) is 48.3 Å². The van der Waals surface area contributed by atoms with Crippen LogP contribution in [0.5, 0.6) is 0 Å². The van der Waals surface area contributed by atoms with E-state index in [0.717, 1.165) is 0 Å². The molecule has 4 rings (SSSR count). The van der Waals surface area contributed by atoms with Crippen molar-refractivity contribution >= 4 is 35.4 Å². The van der Waals surface area contributed by atoms with Crippen LogP contribution in [0, 0.1) is 5.82 Å². The number of rotatable bonds is 7. The van der Waals surface area contributed by atoms with Gasteiger partial charge in [0, 0.05) is 25.1 Å². The fraction of sp³-hybridized carbons (Fsp3) is 0.333. The molecule has 0 unspecified atom stereocenters. The molecular formula is C24H25FN4O6. The SMILES string of the molecule is CC(=O)NC[C@H]1CN(c2cccc(-c3ccc(N4C[C@H](CNC(C)=O)OC4=O)cc3F)c2)C(=O)O1. The number of carbonyl (C=O) groups is 4. The molecule has 0 bridgehead atoms.